The number of carbonyl (C=O) groups is 2. The zero-order valence-electron chi connectivity index (χ0n) is 19.5. The van der Waals surface area contributed by atoms with Gasteiger partial charge in [-0.1, -0.05) is 49.3 Å². The Labute approximate surface area is 204 Å². The molecule has 178 valence electrons. The summed E-state index contributed by atoms with van der Waals surface area (Å²) in [6.45, 7) is 10.5. The summed E-state index contributed by atoms with van der Waals surface area (Å²) in [6.07, 6.45) is 0. The third-order valence-electron chi connectivity index (χ3n) is 5.18. The lowest BCUT2D eigenvalue weighted by atomic mass is 10.2. The Morgan fingerprint density at radius 3 is 2.73 bits per heavy atom. The van der Waals surface area contributed by atoms with Gasteiger partial charge in [-0.2, -0.15) is 0 Å². The SMILES string of the molecule is Cc1cccc(NC(=O)N2CCN(c3cc(Cl)nc(SCC(=O)NCC(C)C)n3)CC2C)c1. The van der Waals surface area contributed by atoms with Crippen molar-refractivity contribution in [2.24, 2.45) is 5.92 Å². The second kappa shape index (κ2) is 11.6. The van der Waals surface area contributed by atoms with Crippen LogP contribution in [0.3, 0.4) is 0 Å². The summed E-state index contributed by atoms with van der Waals surface area (Å²) in [5, 5.41) is 6.66. The predicted molar refractivity (Wildman–Crippen MR) is 134 cm³/mol. The van der Waals surface area contributed by atoms with Gasteiger partial charge in [0.2, 0.25) is 5.91 Å². The summed E-state index contributed by atoms with van der Waals surface area (Å²) in [4.78, 5) is 37.6. The average Bonchev–Trinajstić information content (AvgIpc) is 2.75. The van der Waals surface area contributed by atoms with Crippen LogP contribution in [0.4, 0.5) is 16.3 Å². The number of thioether (sulfide) groups is 1. The van der Waals surface area contributed by atoms with Gasteiger partial charge in [-0.05, 0) is 37.5 Å². The van der Waals surface area contributed by atoms with Gasteiger partial charge in [-0.3, -0.25) is 4.79 Å². The van der Waals surface area contributed by atoms with Crippen LogP contribution in [0.2, 0.25) is 5.15 Å². The smallest absolute Gasteiger partial charge is 0.322 e. The third kappa shape index (κ3) is 7.50. The summed E-state index contributed by atoms with van der Waals surface area (Å²) in [5.74, 6) is 1.27. The maximum absolute atomic E-state index is 12.8. The molecule has 0 radical (unpaired) electrons. The van der Waals surface area contributed by atoms with Crippen molar-refractivity contribution in [2.45, 2.75) is 38.9 Å². The molecule has 2 N–H and O–H groups in total. The molecule has 2 heterocycles. The first-order valence-corrected chi connectivity index (χ1v) is 12.4. The minimum atomic E-state index is -0.114. The number of benzene rings is 1. The Balaban J connectivity index is 1.58. The number of hydrogen-bond donors (Lipinski definition) is 2. The molecule has 1 aliphatic heterocycles. The Hall–Kier alpha value is -2.52. The van der Waals surface area contributed by atoms with E-state index in [4.69, 9.17) is 11.6 Å². The van der Waals surface area contributed by atoms with Crippen LogP contribution in [-0.2, 0) is 4.79 Å². The maximum Gasteiger partial charge on any atom is 0.322 e. The number of nitrogens with one attached hydrogen (secondary N) is 2. The molecule has 0 aliphatic carbocycles. The van der Waals surface area contributed by atoms with E-state index in [1.165, 1.54) is 11.8 Å². The predicted octanol–water partition coefficient (Wildman–Crippen LogP) is 4.05. The van der Waals surface area contributed by atoms with Gasteiger partial charge in [-0.25, -0.2) is 14.8 Å². The van der Waals surface area contributed by atoms with Crippen LogP contribution in [-0.4, -0.2) is 64.8 Å². The van der Waals surface area contributed by atoms with Gasteiger partial charge in [0.05, 0.1) is 5.75 Å². The molecule has 1 saturated heterocycles. The number of aromatic nitrogens is 2. The second-order valence-corrected chi connectivity index (χ2v) is 9.94. The minimum absolute atomic E-state index is 0.0183. The number of halogens is 1. The van der Waals surface area contributed by atoms with Crippen LogP contribution in [0.1, 0.15) is 26.3 Å². The van der Waals surface area contributed by atoms with Gasteiger partial charge in [-0.15, -0.1) is 0 Å². The van der Waals surface area contributed by atoms with Gasteiger partial charge < -0.3 is 20.4 Å². The molecule has 8 nitrogen and oxygen atoms in total. The molecule has 3 amide bonds. The molecule has 33 heavy (non-hydrogen) atoms. The van der Waals surface area contributed by atoms with E-state index in [0.717, 1.165) is 11.3 Å². The lowest BCUT2D eigenvalue weighted by molar-refractivity contribution is -0.118. The van der Waals surface area contributed by atoms with E-state index in [-0.39, 0.29) is 23.7 Å². The van der Waals surface area contributed by atoms with Crippen molar-refractivity contribution in [3.05, 3.63) is 41.0 Å². The number of carbonyl (C=O) groups excluding carboxylic acids is 2. The summed E-state index contributed by atoms with van der Waals surface area (Å²) in [6, 6.07) is 9.34. The normalized spacial score (nSPS) is 16.1. The highest BCUT2D eigenvalue weighted by Crippen LogP contribution is 2.24. The van der Waals surface area contributed by atoms with Crippen molar-refractivity contribution in [1.29, 1.82) is 0 Å². The molecule has 1 atom stereocenters. The standard InChI is InChI=1S/C23H31ClN6O2S/c1-15(2)12-25-21(31)14-33-22-27-19(24)11-20(28-22)29-8-9-30(17(4)13-29)23(32)26-18-7-5-6-16(3)10-18/h5-7,10-11,15,17H,8-9,12-14H2,1-4H3,(H,25,31)(H,26,32). The second-order valence-electron chi connectivity index (χ2n) is 8.61. The van der Waals surface area contributed by atoms with Crippen molar-refractivity contribution in [3.63, 3.8) is 0 Å². The third-order valence-corrected chi connectivity index (χ3v) is 6.22. The van der Waals surface area contributed by atoms with E-state index in [0.29, 0.717) is 48.2 Å². The number of hydrogen-bond acceptors (Lipinski definition) is 6. The molecule has 1 aliphatic rings. The number of aryl methyl sites for hydroxylation is 1. The summed E-state index contributed by atoms with van der Waals surface area (Å²) >= 11 is 7.50. The molecule has 0 spiro atoms. The highest BCUT2D eigenvalue weighted by molar-refractivity contribution is 7.99. The topological polar surface area (TPSA) is 90.5 Å². The van der Waals surface area contributed by atoms with E-state index in [1.807, 2.05) is 56.9 Å². The number of rotatable bonds is 7. The zero-order valence-corrected chi connectivity index (χ0v) is 21.0. The molecule has 1 fully saturated rings. The summed E-state index contributed by atoms with van der Waals surface area (Å²) in [5.41, 5.74) is 1.88. The Morgan fingerprint density at radius 1 is 1.24 bits per heavy atom. The van der Waals surface area contributed by atoms with E-state index in [9.17, 15) is 9.59 Å². The Morgan fingerprint density at radius 2 is 2.03 bits per heavy atom. The highest BCUT2D eigenvalue weighted by Gasteiger charge is 2.28. The molecular formula is C23H31ClN6O2S. The first-order valence-electron chi connectivity index (χ1n) is 11.0. The molecular weight excluding hydrogens is 460 g/mol. The molecule has 1 unspecified atom stereocenters. The van der Waals surface area contributed by atoms with Crippen LogP contribution in [0.15, 0.2) is 35.5 Å². The fourth-order valence-electron chi connectivity index (χ4n) is 3.50. The molecule has 3 rings (SSSR count). The van der Waals surface area contributed by atoms with Gasteiger partial charge in [0.1, 0.15) is 11.0 Å². The molecule has 0 bridgehead atoms. The van der Waals surface area contributed by atoms with E-state index >= 15 is 0 Å². The fraction of sp³-hybridized carbons (Fsp3) is 0.478. The van der Waals surface area contributed by atoms with Crippen LogP contribution < -0.4 is 15.5 Å². The van der Waals surface area contributed by atoms with Gasteiger partial charge >= 0.3 is 6.03 Å². The van der Waals surface area contributed by atoms with Crippen molar-refractivity contribution >= 4 is 46.8 Å². The van der Waals surface area contributed by atoms with Crippen LogP contribution in [0.25, 0.3) is 0 Å². The van der Waals surface area contributed by atoms with Gasteiger partial charge in [0, 0.05) is 44.0 Å². The number of anilines is 2. The fourth-order valence-corrected chi connectivity index (χ4v) is 4.41. The van der Waals surface area contributed by atoms with E-state index < -0.39 is 0 Å². The van der Waals surface area contributed by atoms with Crippen LogP contribution >= 0.6 is 23.4 Å². The van der Waals surface area contributed by atoms with Gasteiger partial charge in [0.25, 0.3) is 0 Å². The zero-order chi connectivity index (χ0) is 24.0. The lowest BCUT2D eigenvalue weighted by Gasteiger charge is -2.40. The first-order chi connectivity index (χ1) is 15.7. The largest absolute Gasteiger partial charge is 0.355 e. The molecule has 0 saturated carbocycles. The minimum Gasteiger partial charge on any atom is -0.355 e. The van der Waals surface area contributed by atoms with Crippen LogP contribution in [0, 0.1) is 12.8 Å². The van der Waals surface area contributed by atoms with Crippen molar-refractivity contribution < 1.29 is 9.59 Å². The highest BCUT2D eigenvalue weighted by atomic mass is 35.5. The number of piperazine rings is 1. The number of nitrogens with zero attached hydrogens (tertiary/aromatic N) is 4. The van der Waals surface area contributed by atoms with Crippen molar-refractivity contribution in [3.8, 4) is 0 Å². The lowest BCUT2D eigenvalue weighted by Crippen LogP contribution is -2.55. The first kappa shape index (κ1) is 25.1. The molecule has 1 aromatic heterocycles. The Kier molecular flexibility index (Phi) is 8.80. The summed E-state index contributed by atoms with van der Waals surface area (Å²) < 4.78 is 0. The van der Waals surface area contributed by atoms with Crippen molar-refractivity contribution in [1.82, 2.24) is 20.2 Å². The summed E-state index contributed by atoms with van der Waals surface area (Å²) in [7, 11) is 0. The Bertz CT molecular complexity index is 989. The maximum atomic E-state index is 12.8. The van der Waals surface area contributed by atoms with Crippen LogP contribution in [0.5, 0.6) is 0 Å². The molecule has 2 aromatic rings. The number of amides is 3. The van der Waals surface area contributed by atoms with E-state index in [2.05, 4.69) is 25.5 Å². The quantitative estimate of drug-likeness (QED) is 0.346. The molecule has 10 heteroatoms. The molecule has 1 aromatic carbocycles. The average molecular weight is 491 g/mol. The van der Waals surface area contributed by atoms with E-state index in [1.54, 1.807) is 6.07 Å². The van der Waals surface area contributed by atoms with Gasteiger partial charge in [0.15, 0.2) is 5.16 Å². The monoisotopic (exact) mass is 490 g/mol. The van der Waals surface area contributed by atoms with Crippen molar-refractivity contribution in [2.75, 3.05) is 42.1 Å². The number of urea groups is 1.